The van der Waals surface area contributed by atoms with Crippen molar-refractivity contribution >= 4 is 5.91 Å². The zero-order chi connectivity index (χ0) is 19.6. The van der Waals surface area contributed by atoms with Gasteiger partial charge in [-0.1, -0.05) is 6.07 Å². The fourth-order valence-corrected chi connectivity index (χ4v) is 2.45. The van der Waals surface area contributed by atoms with Gasteiger partial charge in [0.15, 0.2) is 17.6 Å². The van der Waals surface area contributed by atoms with Gasteiger partial charge in [-0.05, 0) is 62.7 Å². The molecule has 0 saturated heterocycles. The number of ether oxygens (including phenoxy) is 4. The molecule has 2 aromatic carbocycles. The van der Waals surface area contributed by atoms with Crippen LogP contribution in [0.2, 0.25) is 0 Å². The van der Waals surface area contributed by atoms with Gasteiger partial charge < -0.3 is 24.3 Å². The summed E-state index contributed by atoms with van der Waals surface area (Å²) in [6.45, 7) is 7.04. The summed E-state index contributed by atoms with van der Waals surface area (Å²) >= 11 is 0. The standard InChI is InChI=1S/C21H27NO5/c1-5-25-19-12-7-16(13-20(19)26-6-2)14-22-21(23)15(3)27-18-10-8-17(24-4)9-11-18/h7-13,15H,5-6,14H2,1-4H3,(H,22,23)/t15-/m0/s1. The smallest absolute Gasteiger partial charge is 0.261 e. The van der Waals surface area contributed by atoms with E-state index in [0.29, 0.717) is 37.0 Å². The minimum Gasteiger partial charge on any atom is -0.497 e. The third kappa shape index (κ3) is 6.09. The second kappa shape index (κ2) is 10.3. The van der Waals surface area contributed by atoms with Crippen LogP contribution in [-0.4, -0.2) is 32.3 Å². The van der Waals surface area contributed by atoms with Crippen LogP contribution in [0.25, 0.3) is 0 Å². The molecule has 0 heterocycles. The highest BCUT2D eigenvalue weighted by atomic mass is 16.5. The largest absolute Gasteiger partial charge is 0.497 e. The summed E-state index contributed by atoms with van der Waals surface area (Å²) in [5.41, 5.74) is 0.923. The molecule has 0 unspecified atom stereocenters. The number of carbonyl (C=O) groups is 1. The summed E-state index contributed by atoms with van der Waals surface area (Å²) in [4.78, 5) is 12.3. The van der Waals surface area contributed by atoms with Crippen LogP contribution in [0, 0.1) is 0 Å². The lowest BCUT2D eigenvalue weighted by molar-refractivity contribution is -0.127. The van der Waals surface area contributed by atoms with Gasteiger partial charge in [0.1, 0.15) is 11.5 Å². The Morgan fingerprint density at radius 1 is 0.963 bits per heavy atom. The minimum absolute atomic E-state index is 0.197. The highest BCUT2D eigenvalue weighted by Gasteiger charge is 2.15. The third-order valence-electron chi connectivity index (χ3n) is 3.82. The molecule has 27 heavy (non-hydrogen) atoms. The summed E-state index contributed by atoms with van der Waals surface area (Å²) in [5, 5.41) is 2.88. The van der Waals surface area contributed by atoms with Crippen molar-refractivity contribution in [3.05, 3.63) is 48.0 Å². The van der Waals surface area contributed by atoms with E-state index in [4.69, 9.17) is 18.9 Å². The zero-order valence-electron chi connectivity index (χ0n) is 16.3. The molecule has 6 heteroatoms. The van der Waals surface area contributed by atoms with Gasteiger partial charge in [0, 0.05) is 6.54 Å². The number of carbonyl (C=O) groups excluding carboxylic acids is 1. The predicted octanol–water partition coefficient (Wildman–Crippen LogP) is 3.58. The van der Waals surface area contributed by atoms with E-state index in [-0.39, 0.29) is 5.91 Å². The average molecular weight is 373 g/mol. The molecule has 0 aliphatic rings. The minimum atomic E-state index is -0.618. The Bertz CT molecular complexity index is 730. The summed E-state index contributed by atoms with van der Waals surface area (Å²) in [5.74, 6) is 2.52. The molecule has 2 aromatic rings. The van der Waals surface area contributed by atoms with E-state index in [9.17, 15) is 4.79 Å². The zero-order valence-corrected chi connectivity index (χ0v) is 16.3. The summed E-state index contributed by atoms with van der Waals surface area (Å²) < 4.78 is 21.9. The number of hydrogen-bond donors (Lipinski definition) is 1. The van der Waals surface area contributed by atoms with Crippen molar-refractivity contribution in [3.8, 4) is 23.0 Å². The quantitative estimate of drug-likeness (QED) is 0.690. The first kappa shape index (κ1) is 20.4. The highest BCUT2D eigenvalue weighted by molar-refractivity contribution is 5.80. The topological polar surface area (TPSA) is 66.0 Å². The maximum atomic E-state index is 12.3. The normalized spacial score (nSPS) is 11.4. The van der Waals surface area contributed by atoms with Gasteiger partial charge in [-0.3, -0.25) is 4.79 Å². The Morgan fingerprint density at radius 3 is 2.22 bits per heavy atom. The average Bonchev–Trinajstić information content (AvgIpc) is 2.68. The van der Waals surface area contributed by atoms with E-state index in [1.807, 2.05) is 32.0 Å². The van der Waals surface area contributed by atoms with E-state index < -0.39 is 6.10 Å². The Hall–Kier alpha value is -2.89. The molecule has 6 nitrogen and oxygen atoms in total. The molecule has 1 atom stereocenters. The number of rotatable bonds is 10. The van der Waals surface area contributed by atoms with Crippen LogP contribution in [0.15, 0.2) is 42.5 Å². The van der Waals surface area contributed by atoms with E-state index in [2.05, 4.69) is 5.32 Å². The van der Waals surface area contributed by atoms with Gasteiger partial charge in [0.05, 0.1) is 20.3 Å². The molecule has 0 fully saturated rings. The second-order valence-electron chi connectivity index (χ2n) is 5.80. The van der Waals surface area contributed by atoms with Crippen molar-refractivity contribution in [1.29, 1.82) is 0 Å². The van der Waals surface area contributed by atoms with E-state index in [0.717, 1.165) is 11.3 Å². The Morgan fingerprint density at radius 2 is 1.59 bits per heavy atom. The Kier molecular flexibility index (Phi) is 7.79. The van der Waals surface area contributed by atoms with E-state index in [1.165, 1.54) is 0 Å². The van der Waals surface area contributed by atoms with Crippen LogP contribution in [0.5, 0.6) is 23.0 Å². The fraction of sp³-hybridized carbons (Fsp3) is 0.381. The van der Waals surface area contributed by atoms with Crippen molar-refractivity contribution in [1.82, 2.24) is 5.32 Å². The van der Waals surface area contributed by atoms with Crippen molar-refractivity contribution in [2.75, 3.05) is 20.3 Å². The van der Waals surface area contributed by atoms with Crippen LogP contribution in [-0.2, 0) is 11.3 Å². The third-order valence-corrected chi connectivity index (χ3v) is 3.82. The number of methoxy groups -OCH3 is 1. The molecular weight excluding hydrogens is 346 g/mol. The van der Waals surface area contributed by atoms with Crippen LogP contribution >= 0.6 is 0 Å². The summed E-state index contributed by atoms with van der Waals surface area (Å²) in [6.07, 6.45) is -0.618. The molecule has 0 aromatic heterocycles. The van der Waals surface area contributed by atoms with Crippen LogP contribution in [0.3, 0.4) is 0 Å². The predicted molar refractivity (Wildman–Crippen MR) is 104 cm³/mol. The van der Waals surface area contributed by atoms with Crippen LogP contribution < -0.4 is 24.3 Å². The number of amides is 1. The fourth-order valence-electron chi connectivity index (χ4n) is 2.45. The van der Waals surface area contributed by atoms with E-state index >= 15 is 0 Å². The molecule has 0 aliphatic carbocycles. The van der Waals surface area contributed by atoms with Gasteiger partial charge in [0.2, 0.25) is 0 Å². The molecule has 0 saturated carbocycles. The molecule has 0 bridgehead atoms. The molecule has 0 spiro atoms. The monoisotopic (exact) mass is 373 g/mol. The molecule has 2 rings (SSSR count). The van der Waals surface area contributed by atoms with Crippen molar-refractivity contribution < 1.29 is 23.7 Å². The SMILES string of the molecule is CCOc1ccc(CNC(=O)[C@H](C)Oc2ccc(OC)cc2)cc1OCC. The molecular formula is C21H27NO5. The highest BCUT2D eigenvalue weighted by Crippen LogP contribution is 2.28. The lowest BCUT2D eigenvalue weighted by Gasteiger charge is -2.16. The molecule has 1 amide bonds. The van der Waals surface area contributed by atoms with E-state index in [1.54, 1.807) is 38.3 Å². The number of nitrogens with one attached hydrogen (secondary N) is 1. The lowest BCUT2D eigenvalue weighted by Crippen LogP contribution is -2.35. The Balaban J connectivity index is 1.92. The summed E-state index contributed by atoms with van der Waals surface area (Å²) in [6, 6.07) is 12.7. The van der Waals surface area contributed by atoms with Crippen LogP contribution in [0.1, 0.15) is 26.3 Å². The van der Waals surface area contributed by atoms with Gasteiger partial charge in [-0.25, -0.2) is 0 Å². The first-order chi connectivity index (χ1) is 13.1. The first-order valence-corrected chi connectivity index (χ1v) is 9.04. The van der Waals surface area contributed by atoms with Gasteiger partial charge >= 0.3 is 0 Å². The first-order valence-electron chi connectivity index (χ1n) is 9.04. The summed E-state index contributed by atoms with van der Waals surface area (Å²) in [7, 11) is 1.60. The van der Waals surface area contributed by atoms with Gasteiger partial charge in [0.25, 0.3) is 5.91 Å². The van der Waals surface area contributed by atoms with Crippen LogP contribution in [0.4, 0.5) is 0 Å². The maximum Gasteiger partial charge on any atom is 0.261 e. The lowest BCUT2D eigenvalue weighted by atomic mass is 10.2. The van der Waals surface area contributed by atoms with Crippen molar-refractivity contribution in [2.24, 2.45) is 0 Å². The van der Waals surface area contributed by atoms with Gasteiger partial charge in [-0.2, -0.15) is 0 Å². The molecule has 146 valence electrons. The maximum absolute atomic E-state index is 12.3. The molecule has 1 N–H and O–H groups in total. The number of hydrogen-bond acceptors (Lipinski definition) is 5. The Labute approximate surface area is 160 Å². The second-order valence-corrected chi connectivity index (χ2v) is 5.80. The molecule has 0 radical (unpaired) electrons. The van der Waals surface area contributed by atoms with Crippen molar-refractivity contribution in [3.63, 3.8) is 0 Å². The molecule has 0 aliphatic heterocycles. The van der Waals surface area contributed by atoms with Gasteiger partial charge in [-0.15, -0.1) is 0 Å². The van der Waals surface area contributed by atoms with Crippen molar-refractivity contribution in [2.45, 2.75) is 33.4 Å². The number of benzene rings is 2.